The van der Waals surface area contributed by atoms with E-state index >= 15 is 0 Å². The van der Waals surface area contributed by atoms with E-state index in [-0.39, 0.29) is 5.82 Å². The van der Waals surface area contributed by atoms with Crippen LogP contribution in [0.25, 0.3) is 0 Å². The van der Waals surface area contributed by atoms with Crippen LogP contribution in [0.4, 0.5) is 10.1 Å². The van der Waals surface area contributed by atoms with E-state index in [2.05, 4.69) is 11.8 Å². The molecule has 2 unspecified atom stereocenters. The molecule has 1 aliphatic carbocycles. The van der Waals surface area contributed by atoms with Crippen molar-refractivity contribution in [2.45, 2.75) is 32.6 Å². The number of hydrogen-bond donors (Lipinski definition) is 1. The Bertz CT molecular complexity index is 377. The van der Waals surface area contributed by atoms with E-state index in [1.54, 1.807) is 12.1 Å². The first-order chi connectivity index (χ1) is 9.24. The Morgan fingerprint density at radius 3 is 2.37 bits per heavy atom. The quantitative estimate of drug-likeness (QED) is 0.883. The molecule has 2 N–H and O–H groups in total. The minimum Gasteiger partial charge on any atom is -0.372 e. The lowest BCUT2D eigenvalue weighted by atomic mass is 9.79. The van der Waals surface area contributed by atoms with Crippen molar-refractivity contribution in [3.8, 4) is 0 Å². The molecule has 0 spiro atoms. The summed E-state index contributed by atoms with van der Waals surface area (Å²) in [5, 5.41) is 0. The van der Waals surface area contributed by atoms with Gasteiger partial charge in [-0.05, 0) is 62.4 Å². The van der Waals surface area contributed by atoms with Gasteiger partial charge in [-0.1, -0.05) is 12.8 Å². The van der Waals surface area contributed by atoms with Gasteiger partial charge in [0.05, 0.1) is 0 Å². The lowest BCUT2D eigenvalue weighted by Gasteiger charge is -2.35. The van der Waals surface area contributed by atoms with Crippen molar-refractivity contribution in [2.24, 2.45) is 17.6 Å². The largest absolute Gasteiger partial charge is 0.372 e. The molecule has 0 aliphatic heterocycles. The summed E-state index contributed by atoms with van der Waals surface area (Å²) in [5.74, 6) is 1.17. The van der Waals surface area contributed by atoms with Crippen LogP contribution in [0.15, 0.2) is 24.3 Å². The van der Waals surface area contributed by atoms with E-state index in [0.29, 0.717) is 11.8 Å². The van der Waals surface area contributed by atoms with Gasteiger partial charge in [0.2, 0.25) is 0 Å². The predicted octanol–water partition coefficient (Wildman–Crippen LogP) is 3.42. The summed E-state index contributed by atoms with van der Waals surface area (Å²) in [6.45, 7) is 4.96. The number of hydrogen-bond acceptors (Lipinski definition) is 2. The van der Waals surface area contributed by atoms with E-state index in [0.717, 1.165) is 25.3 Å². The van der Waals surface area contributed by atoms with Crippen molar-refractivity contribution < 1.29 is 4.39 Å². The smallest absolute Gasteiger partial charge is 0.123 e. The van der Waals surface area contributed by atoms with Crippen molar-refractivity contribution in [1.82, 2.24) is 0 Å². The minimum atomic E-state index is -0.169. The fourth-order valence-electron chi connectivity index (χ4n) is 3.19. The minimum absolute atomic E-state index is 0.169. The Morgan fingerprint density at radius 2 is 1.79 bits per heavy atom. The third kappa shape index (κ3) is 3.69. The molecule has 0 aromatic heterocycles. The van der Waals surface area contributed by atoms with E-state index < -0.39 is 0 Å². The highest BCUT2D eigenvalue weighted by Gasteiger charge is 2.25. The van der Waals surface area contributed by atoms with Crippen LogP contribution in [0.3, 0.4) is 0 Å². The van der Waals surface area contributed by atoms with E-state index in [9.17, 15) is 4.39 Å². The maximum atomic E-state index is 13.0. The SMILES string of the molecule is CCN(CC1CCCCC1CN)c1ccc(F)cc1. The molecule has 2 atom stereocenters. The number of rotatable bonds is 5. The normalized spacial score (nSPS) is 23.3. The molecule has 1 aromatic rings. The summed E-state index contributed by atoms with van der Waals surface area (Å²) in [5.41, 5.74) is 7.02. The molecular formula is C16H25FN2. The fourth-order valence-corrected chi connectivity index (χ4v) is 3.19. The highest BCUT2D eigenvalue weighted by Crippen LogP contribution is 2.31. The maximum Gasteiger partial charge on any atom is 0.123 e. The van der Waals surface area contributed by atoms with Gasteiger partial charge in [0.25, 0.3) is 0 Å². The summed E-state index contributed by atoms with van der Waals surface area (Å²) in [7, 11) is 0. The topological polar surface area (TPSA) is 29.3 Å². The zero-order valence-corrected chi connectivity index (χ0v) is 11.8. The zero-order valence-electron chi connectivity index (χ0n) is 11.8. The summed E-state index contributed by atoms with van der Waals surface area (Å²) >= 11 is 0. The molecule has 19 heavy (non-hydrogen) atoms. The van der Waals surface area contributed by atoms with Crippen molar-refractivity contribution in [1.29, 1.82) is 0 Å². The van der Waals surface area contributed by atoms with Crippen LogP contribution < -0.4 is 10.6 Å². The van der Waals surface area contributed by atoms with Gasteiger partial charge in [0.15, 0.2) is 0 Å². The molecule has 106 valence electrons. The molecule has 1 saturated carbocycles. The van der Waals surface area contributed by atoms with Gasteiger partial charge in [0.1, 0.15) is 5.82 Å². The Labute approximate surface area is 115 Å². The second-order valence-electron chi connectivity index (χ2n) is 5.56. The second kappa shape index (κ2) is 6.90. The number of nitrogens with two attached hydrogens (primary N) is 1. The van der Waals surface area contributed by atoms with E-state index in [1.165, 1.54) is 25.7 Å². The van der Waals surface area contributed by atoms with Crippen LogP contribution in [-0.4, -0.2) is 19.6 Å². The first-order valence-corrected chi connectivity index (χ1v) is 7.45. The number of anilines is 1. The van der Waals surface area contributed by atoms with Crippen LogP contribution in [0.2, 0.25) is 0 Å². The standard InChI is InChI=1S/C16H25FN2/c1-2-19(16-9-7-15(17)8-10-16)12-14-6-4-3-5-13(14)11-18/h7-10,13-14H,2-6,11-12,18H2,1H3. The summed E-state index contributed by atoms with van der Waals surface area (Å²) in [4.78, 5) is 2.35. The molecular weight excluding hydrogens is 239 g/mol. The van der Waals surface area contributed by atoms with Gasteiger partial charge >= 0.3 is 0 Å². The fraction of sp³-hybridized carbons (Fsp3) is 0.625. The molecule has 0 bridgehead atoms. The Kier molecular flexibility index (Phi) is 5.20. The van der Waals surface area contributed by atoms with Crippen LogP contribution >= 0.6 is 0 Å². The maximum absolute atomic E-state index is 13.0. The van der Waals surface area contributed by atoms with Gasteiger partial charge in [0, 0.05) is 18.8 Å². The molecule has 1 fully saturated rings. The number of halogens is 1. The third-order valence-corrected chi connectivity index (χ3v) is 4.40. The summed E-state index contributed by atoms with van der Waals surface area (Å²) in [6, 6.07) is 6.83. The number of nitrogens with zero attached hydrogens (tertiary/aromatic N) is 1. The van der Waals surface area contributed by atoms with Gasteiger partial charge in [-0.25, -0.2) is 4.39 Å². The lowest BCUT2D eigenvalue weighted by Crippen LogP contribution is -2.37. The molecule has 0 saturated heterocycles. The van der Waals surface area contributed by atoms with Gasteiger partial charge in [-0.2, -0.15) is 0 Å². The van der Waals surface area contributed by atoms with Gasteiger partial charge < -0.3 is 10.6 Å². The lowest BCUT2D eigenvalue weighted by molar-refractivity contribution is 0.246. The Balaban J connectivity index is 2.03. The molecule has 0 amide bonds. The Hall–Kier alpha value is -1.09. The van der Waals surface area contributed by atoms with Crippen molar-refractivity contribution in [3.63, 3.8) is 0 Å². The van der Waals surface area contributed by atoms with Crippen LogP contribution in [0.1, 0.15) is 32.6 Å². The summed E-state index contributed by atoms with van der Waals surface area (Å²) in [6.07, 6.45) is 5.19. The molecule has 0 radical (unpaired) electrons. The highest BCUT2D eigenvalue weighted by atomic mass is 19.1. The van der Waals surface area contributed by atoms with Gasteiger partial charge in [-0.3, -0.25) is 0 Å². The third-order valence-electron chi connectivity index (χ3n) is 4.40. The predicted molar refractivity (Wildman–Crippen MR) is 78.8 cm³/mol. The molecule has 3 heteroatoms. The van der Waals surface area contributed by atoms with Crippen molar-refractivity contribution in [2.75, 3.05) is 24.5 Å². The molecule has 2 rings (SSSR count). The van der Waals surface area contributed by atoms with Gasteiger partial charge in [-0.15, -0.1) is 0 Å². The molecule has 1 aromatic carbocycles. The first kappa shape index (κ1) is 14.3. The average Bonchev–Trinajstić information content (AvgIpc) is 2.46. The molecule has 0 heterocycles. The van der Waals surface area contributed by atoms with Crippen LogP contribution in [0.5, 0.6) is 0 Å². The van der Waals surface area contributed by atoms with Crippen LogP contribution in [-0.2, 0) is 0 Å². The molecule has 2 nitrogen and oxygen atoms in total. The van der Waals surface area contributed by atoms with E-state index in [4.69, 9.17) is 5.73 Å². The summed E-state index contributed by atoms with van der Waals surface area (Å²) < 4.78 is 13.0. The van der Waals surface area contributed by atoms with Crippen molar-refractivity contribution >= 4 is 5.69 Å². The highest BCUT2D eigenvalue weighted by molar-refractivity contribution is 5.46. The Morgan fingerprint density at radius 1 is 1.16 bits per heavy atom. The number of benzene rings is 1. The first-order valence-electron chi connectivity index (χ1n) is 7.45. The zero-order chi connectivity index (χ0) is 13.7. The van der Waals surface area contributed by atoms with E-state index in [1.807, 2.05) is 12.1 Å². The monoisotopic (exact) mass is 264 g/mol. The van der Waals surface area contributed by atoms with Crippen molar-refractivity contribution in [3.05, 3.63) is 30.1 Å². The molecule has 1 aliphatic rings. The second-order valence-corrected chi connectivity index (χ2v) is 5.56. The van der Waals surface area contributed by atoms with Crippen LogP contribution in [0, 0.1) is 17.7 Å². The average molecular weight is 264 g/mol.